The highest BCUT2D eigenvalue weighted by atomic mass is 16.8. The molecule has 3 aliphatic heterocycles. The zero-order chi connectivity index (χ0) is 10.7. The van der Waals surface area contributed by atoms with Gasteiger partial charge in [-0.15, -0.1) is 0 Å². The van der Waals surface area contributed by atoms with Crippen LogP contribution in [0.5, 0.6) is 0 Å². The van der Waals surface area contributed by atoms with Crippen LogP contribution in [0.1, 0.15) is 20.3 Å². The van der Waals surface area contributed by atoms with E-state index in [0.717, 1.165) is 0 Å². The number of fused-ring (bicyclic) bond motifs is 4. The highest BCUT2D eigenvalue weighted by Gasteiger charge is 2.61. The molecule has 0 saturated carbocycles. The zero-order valence-electron chi connectivity index (χ0n) is 8.93. The topological polar surface area (TPSA) is 57.2 Å². The van der Waals surface area contributed by atoms with E-state index in [1.807, 2.05) is 13.8 Å². The Kier molecular flexibility index (Phi) is 1.95. The summed E-state index contributed by atoms with van der Waals surface area (Å²) < 4.78 is 22.7. The molecular weight excluding hydrogens is 200 g/mol. The van der Waals surface area contributed by atoms with Gasteiger partial charge in [0.15, 0.2) is 12.1 Å². The molecule has 4 atom stereocenters. The Hall–Kier alpha value is -0.200. The molecule has 0 aliphatic carbocycles. The van der Waals surface area contributed by atoms with Crippen molar-refractivity contribution < 1.29 is 24.1 Å². The molecule has 3 rings (SSSR count). The van der Waals surface area contributed by atoms with Gasteiger partial charge >= 0.3 is 0 Å². The highest BCUT2D eigenvalue weighted by Crippen LogP contribution is 2.45. The standard InChI is InChI=1S/C10H16O5/c1-9(2)13-6-3-7-12-5-10(4-11,14-7)8(6)15-9/h6-8,11H,3-5H2,1-2H3/t6-,7-,8-,10?/m1/s1. The molecule has 3 fully saturated rings. The first-order valence-corrected chi connectivity index (χ1v) is 5.31. The maximum Gasteiger partial charge on any atom is 0.163 e. The number of aliphatic hydroxyl groups excluding tert-OH is 1. The Balaban J connectivity index is 1.91. The summed E-state index contributed by atoms with van der Waals surface area (Å²) >= 11 is 0. The van der Waals surface area contributed by atoms with Crippen molar-refractivity contribution >= 4 is 0 Å². The van der Waals surface area contributed by atoms with E-state index < -0.39 is 11.4 Å². The largest absolute Gasteiger partial charge is 0.393 e. The van der Waals surface area contributed by atoms with Gasteiger partial charge in [-0.25, -0.2) is 0 Å². The molecule has 0 amide bonds. The summed E-state index contributed by atoms with van der Waals surface area (Å²) in [4.78, 5) is 0. The van der Waals surface area contributed by atoms with Crippen molar-refractivity contribution in [2.75, 3.05) is 13.2 Å². The van der Waals surface area contributed by atoms with Crippen molar-refractivity contribution in [2.45, 2.75) is 50.2 Å². The fourth-order valence-corrected chi connectivity index (χ4v) is 2.65. The maximum absolute atomic E-state index is 9.44. The molecule has 3 saturated heterocycles. The molecule has 5 heteroatoms. The first kappa shape index (κ1) is 9.99. The minimum absolute atomic E-state index is 0.0339. The zero-order valence-corrected chi connectivity index (χ0v) is 8.93. The lowest BCUT2D eigenvalue weighted by atomic mass is 9.91. The van der Waals surface area contributed by atoms with E-state index in [2.05, 4.69) is 0 Å². The van der Waals surface area contributed by atoms with Gasteiger partial charge in [-0.1, -0.05) is 0 Å². The molecule has 0 aromatic rings. The average Bonchev–Trinajstić information content (AvgIpc) is 2.67. The summed E-state index contributed by atoms with van der Waals surface area (Å²) in [6.45, 7) is 4.05. The Morgan fingerprint density at radius 1 is 1.27 bits per heavy atom. The van der Waals surface area contributed by atoms with Crippen LogP contribution >= 0.6 is 0 Å². The summed E-state index contributed by atoms with van der Waals surface area (Å²) in [6, 6.07) is 0. The lowest BCUT2D eigenvalue weighted by Gasteiger charge is -2.36. The molecule has 3 aliphatic rings. The normalized spacial score (nSPS) is 51.8. The highest BCUT2D eigenvalue weighted by molar-refractivity contribution is 5.04. The molecule has 1 unspecified atom stereocenters. The van der Waals surface area contributed by atoms with Gasteiger partial charge in [0.05, 0.1) is 19.3 Å². The molecule has 0 aromatic carbocycles. The third kappa shape index (κ3) is 1.34. The van der Waals surface area contributed by atoms with Crippen molar-refractivity contribution in [1.29, 1.82) is 0 Å². The van der Waals surface area contributed by atoms with Gasteiger partial charge in [0.1, 0.15) is 11.7 Å². The summed E-state index contributed by atoms with van der Waals surface area (Å²) in [5.74, 6) is -0.592. The Morgan fingerprint density at radius 3 is 2.80 bits per heavy atom. The summed E-state index contributed by atoms with van der Waals surface area (Å²) in [5.41, 5.74) is -0.721. The molecule has 3 heterocycles. The number of ether oxygens (including phenoxy) is 4. The fourth-order valence-electron chi connectivity index (χ4n) is 2.65. The molecule has 0 radical (unpaired) electrons. The third-order valence-electron chi connectivity index (χ3n) is 3.27. The maximum atomic E-state index is 9.44. The van der Waals surface area contributed by atoms with Crippen molar-refractivity contribution in [3.63, 3.8) is 0 Å². The van der Waals surface area contributed by atoms with Crippen LogP contribution in [0.2, 0.25) is 0 Å². The van der Waals surface area contributed by atoms with Crippen LogP contribution in [0.25, 0.3) is 0 Å². The molecule has 86 valence electrons. The van der Waals surface area contributed by atoms with Crippen LogP contribution in [0.4, 0.5) is 0 Å². The molecule has 0 spiro atoms. The second kappa shape index (κ2) is 2.93. The second-order valence-corrected chi connectivity index (χ2v) is 4.91. The van der Waals surface area contributed by atoms with Crippen LogP contribution in [0.3, 0.4) is 0 Å². The Bertz CT molecular complexity index is 279. The smallest absolute Gasteiger partial charge is 0.163 e. The lowest BCUT2D eigenvalue weighted by molar-refractivity contribution is -0.198. The number of hydrogen-bond acceptors (Lipinski definition) is 5. The van der Waals surface area contributed by atoms with E-state index in [9.17, 15) is 5.11 Å². The van der Waals surface area contributed by atoms with Gasteiger partial charge in [-0.3, -0.25) is 0 Å². The van der Waals surface area contributed by atoms with Gasteiger partial charge in [0.2, 0.25) is 0 Å². The predicted octanol–water partition coefficient (Wildman–Crippen LogP) is 0.0142. The SMILES string of the molecule is CC1(C)O[C@@H]2[C@@H](C[C@@H]3OCC2(CO)O3)O1. The van der Waals surface area contributed by atoms with Gasteiger partial charge in [0, 0.05) is 6.42 Å². The van der Waals surface area contributed by atoms with E-state index in [1.54, 1.807) is 0 Å². The van der Waals surface area contributed by atoms with Gasteiger partial charge in [-0.2, -0.15) is 0 Å². The fraction of sp³-hybridized carbons (Fsp3) is 1.00. The van der Waals surface area contributed by atoms with Gasteiger partial charge in [0.25, 0.3) is 0 Å². The van der Waals surface area contributed by atoms with E-state index >= 15 is 0 Å². The Labute approximate surface area is 88.3 Å². The monoisotopic (exact) mass is 216 g/mol. The van der Waals surface area contributed by atoms with E-state index in [4.69, 9.17) is 18.9 Å². The number of aliphatic hydroxyl groups is 1. The van der Waals surface area contributed by atoms with E-state index in [0.29, 0.717) is 13.0 Å². The Morgan fingerprint density at radius 2 is 2.07 bits per heavy atom. The third-order valence-corrected chi connectivity index (χ3v) is 3.27. The van der Waals surface area contributed by atoms with Gasteiger partial charge < -0.3 is 24.1 Å². The first-order chi connectivity index (χ1) is 7.05. The van der Waals surface area contributed by atoms with Crippen LogP contribution in [0.15, 0.2) is 0 Å². The molecule has 2 bridgehead atoms. The van der Waals surface area contributed by atoms with Crippen molar-refractivity contribution in [3.8, 4) is 0 Å². The second-order valence-electron chi connectivity index (χ2n) is 4.91. The van der Waals surface area contributed by atoms with E-state index in [1.165, 1.54) is 0 Å². The summed E-state index contributed by atoms with van der Waals surface area (Å²) in [6.07, 6.45) is 0.163. The average molecular weight is 216 g/mol. The number of rotatable bonds is 1. The molecule has 0 aromatic heterocycles. The van der Waals surface area contributed by atoms with Crippen molar-refractivity contribution in [2.24, 2.45) is 0 Å². The first-order valence-electron chi connectivity index (χ1n) is 5.31. The predicted molar refractivity (Wildman–Crippen MR) is 49.1 cm³/mol. The molecule has 5 nitrogen and oxygen atoms in total. The lowest BCUT2D eigenvalue weighted by Crippen LogP contribution is -2.56. The molecule has 1 N–H and O–H groups in total. The van der Waals surface area contributed by atoms with Gasteiger partial charge in [-0.05, 0) is 13.8 Å². The molecule has 15 heavy (non-hydrogen) atoms. The van der Waals surface area contributed by atoms with Crippen molar-refractivity contribution in [1.82, 2.24) is 0 Å². The summed E-state index contributed by atoms with van der Waals surface area (Å²) in [7, 11) is 0. The summed E-state index contributed by atoms with van der Waals surface area (Å²) in [5, 5.41) is 9.44. The van der Waals surface area contributed by atoms with Crippen LogP contribution < -0.4 is 0 Å². The minimum Gasteiger partial charge on any atom is -0.393 e. The number of hydrogen-bond donors (Lipinski definition) is 1. The van der Waals surface area contributed by atoms with Crippen LogP contribution in [-0.4, -0.2) is 48.2 Å². The van der Waals surface area contributed by atoms with Crippen LogP contribution in [-0.2, 0) is 18.9 Å². The quantitative estimate of drug-likeness (QED) is 0.669. The van der Waals surface area contributed by atoms with Crippen LogP contribution in [0, 0.1) is 0 Å². The minimum atomic E-state index is -0.721. The molecular formula is C10H16O5. The van der Waals surface area contributed by atoms with Crippen molar-refractivity contribution in [3.05, 3.63) is 0 Å². The van der Waals surface area contributed by atoms with E-state index in [-0.39, 0.29) is 25.1 Å².